The molecule has 0 bridgehead atoms. The van der Waals surface area contributed by atoms with E-state index in [2.05, 4.69) is 11.2 Å². The smallest absolute Gasteiger partial charge is 0.328 e. The van der Waals surface area contributed by atoms with Gasteiger partial charge in [-0.15, -0.1) is 6.42 Å². The van der Waals surface area contributed by atoms with Crippen molar-refractivity contribution in [2.75, 3.05) is 5.32 Å². The predicted molar refractivity (Wildman–Crippen MR) is 59.8 cm³/mol. The molecule has 4 nitrogen and oxygen atoms in total. The lowest BCUT2D eigenvalue weighted by Crippen LogP contribution is -2.08. The Bertz CT molecular complexity index is 483. The summed E-state index contributed by atoms with van der Waals surface area (Å²) in [5.74, 6) is 0.737. The van der Waals surface area contributed by atoms with Gasteiger partial charge in [0.05, 0.1) is 0 Å². The van der Waals surface area contributed by atoms with Crippen LogP contribution in [0.1, 0.15) is 5.56 Å². The van der Waals surface area contributed by atoms with Gasteiger partial charge >= 0.3 is 5.97 Å². The molecular weight excluding hydrogens is 206 g/mol. The van der Waals surface area contributed by atoms with Gasteiger partial charge in [0.25, 0.3) is 0 Å². The Morgan fingerprint density at radius 2 is 2.12 bits per heavy atom. The summed E-state index contributed by atoms with van der Waals surface area (Å²) >= 11 is 0. The maximum Gasteiger partial charge on any atom is 0.328 e. The average molecular weight is 215 g/mol. The summed E-state index contributed by atoms with van der Waals surface area (Å²) in [4.78, 5) is 21.4. The van der Waals surface area contributed by atoms with Gasteiger partial charge in [0.1, 0.15) is 0 Å². The summed E-state index contributed by atoms with van der Waals surface area (Å²) in [6.07, 6.45) is 6.89. The normalized spacial score (nSPS) is 9.69. The van der Waals surface area contributed by atoms with E-state index in [-0.39, 0.29) is 0 Å². The summed E-state index contributed by atoms with van der Waals surface area (Å²) in [6.45, 7) is 0. The second-order valence-electron chi connectivity index (χ2n) is 2.89. The molecule has 0 heterocycles. The van der Waals surface area contributed by atoms with Crippen molar-refractivity contribution in [2.45, 2.75) is 0 Å². The zero-order valence-corrected chi connectivity index (χ0v) is 8.31. The lowest BCUT2D eigenvalue weighted by atomic mass is 10.2. The molecule has 4 heteroatoms. The van der Waals surface area contributed by atoms with Crippen molar-refractivity contribution in [3.05, 3.63) is 42.0 Å². The summed E-state index contributed by atoms with van der Waals surface area (Å²) in [7, 11) is 0. The van der Waals surface area contributed by atoms with Crippen LogP contribution in [-0.2, 0) is 9.59 Å². The van der Waals surface area contributed by atoms with E-state index in [1.807, 2.05) is 0 Å². The fraction of sp³-hybridized carbons (Fsp3) is 0. The maximum atomic E-state index is 11.2. The number of rotatable bonds is 3. The number of carboxylic acids is 1. The monoisotopic (exact) mass is 215 g/mol. The van der Waals surface area contributed by atoms with E-state index in [1.54, 1.807) is 24.3 Å². The first-order valence-electron chi connectivity index (χ1n) is 4.40. The number of carboxylic acid groups (broad SMARTS) is 1. The molecule has 1 rings (SSSR count). The van der Waals surface area contributed by atoms with Gasteiger partial charge in [-0.05, 0) is 18.2 Å². The Labute approximate surface area is 92.6 Å². The summed E-state index contributed by atoms with van der Waals surface area (Å²) in [6, 6.07) is 6.70. The molecule has 0 spiro atoms. The van der Waals surface area contributed by atoms with Crippen molar-refractivity contribution in [2.24, 2.45) is 0 Å². The molecule has 1 amide bonds. The van der Waals surface area contributed by atoms with Crippen molar-refractivity contribution in [3.63, 3.8) is 0 Å². The number of carbonyl (C=O) groups excluding carboxylic acids is 1. The largest absolute Gasteiger partial charge is 0.478 e. The topological polar surface area (TPSA) is 66.4 Å². The van der Waals surface area contributed by atoms with E-state index >= 15 is 0 Å². The van der Waals surface area contributed by atoms with Crippen LogP contribution < -0.4 is 5.32 Å². The molecule has 0 aromatic heterocycles. The second-order valence-corrected chi connectivity index (χ2v) is 2.89. The summed E-state index contributed by atoms with van der Waals surface area (Å²) in [5.41, 5.74) is 1.16. The van der Waals surface area contributed by atoms with E-state index in [0.717, 1.165) is 12.2 Å². The Hall–Kier alpha value is -2.54. The second kappa shape index (κ2) is 5.37. The Morgan fingerprint density at radius 3 is 2.75 bits per heavy atom. The molecule has 1 aromatic carbocycles. The standard InChI is InChI=1S/C12H9NO3/c1-2-9-4-3-5-10(8-9)13-11(14)6-7-12(15)16/h1,3-8H,(H,13,14)(H,15,16)/b7-6-. The zero-order chi connectivity index (χ0) is 12.0. The molecule has 80 valence electrons. The highest BCUT2D eigenvalue weighted by molar-refractivity contribution is 6.02. The Kier molecular flexibility index (Phi) is 3.87. The minimum absolute atomic E-state index is 0.517. The number of aliphatic carboxylic acids is 1. The van der Waals surface area contributed by atoms with Crippen molar-refractivity contribution in [1.82, 2.24) is 0 Å². The number of anilines is 1. The molecule has 0 aliphatic heterocycles. The van der Waals surface area contributed by atoms with Crippen LogP contribution in [0.4, 0.5) is 5.69 Å². The molecule has 0 fully saturated rings. The fourth-order valence-electron chi connectivity index (χ4n) is 1.02. The SMILES string of the molecule is C#Cc1cccc(NC(=O)/C=C\C(=O)O)c1. The molecule has 2 N–H and O–H groups in total. The van der Waals surface area contributed by atoms with Gasteiger partial charge in [-0.1, -0.05) is 12.0 Å². The van der Waals surface area contributed by atoms with E-state index in [9.17, 15) is 9.59 Å². The molecular formula is C12H9NO3. The van der Waals surface area contributed by atoms with Gasteiger partial charge in [-0.2, -0.15) is 0 Å². The van der Waals surface area contributed by atoms with Gasteiger partial charge in [0.15, 0.2) is 0 Å². The van der Waals surface area contributed by atoms with Gasteiger partial charge in [-0.3, -0.25) is 4.79 Å². The first kappa shape index (κ1) is 11.5. The van der Waals surface area contributed by atoms with Crippen molar-refractivity contribution < 1.29 is 14.7 Å². The van der Waals surface area contributed by atoms with Crippen LogP contribution in [0.5, 0.6) is 0 Å². The average Bonchev–Trinajstić information content (AvgIpc) is 2.26. The third kappa shape index (κ3) is 3.68. The van der Waals surface area contributed by atoms with Crippen molar-refractivity contribution in [3.8, 4) is 12.3 Å². The van der Waals surface area contributed by atoms with Crippen LogP contribution in [0.3, 0.4) is 0 Å². The number of carbonyl (C=O) groups is 2. The first-order valence-corrected chi connectivity index (χ1v) is 4.40. The van der Waals surface area contributed by atoms with Crippen LogP contribution in [0.2, 0.25) is 0 Å². The highest BCUT2D eigenvalue weighted by atomic mass is 16.4. The van der Waals surface area contributed by atoms with Crippen LogP contribution in [0.15, 0.2) is 36.4 Å². The zero-order valence-electron chi connectivity index (χ0n) is 8.31. The number of hydrogen-bond acceptors (Lipinski definition) is 2. The van der Waals surface area contributed by atoms with E-state index in [4.69, 9.17) is 11.5 Å². The van der Waals surface area contributed by atoms with E-state index < -0.39 is 11.9 Å². The minimum Gasteiger partial charge on any atom is -0.478 e. The predicted octanol–water partition coefficient (Wildman–Crippen LogP) is 1.25. The molecule has 0 saturated carbocycles. The molecule has 0 unspecified atom stereocenters. The van der Waals surface area contributed by atoms with Crippen molar-refractivity contribution >= 4 is 17.6 Å². The lowest BCUT2D eigenvalue weighted by molar-refractivity contribution is -0.131. The molecule has 0 aliphatic carbocycles. The number of nitrogens with one attached hydrogen (secondary N) is 1. The number of amides is 1. The first-order chi connectivity index (χ1) is 7.61. The van der Waals surface area contributed by atoms with Crippen LogP contribution in [0, 0.1) is 12.3 Å². The summed E-state index contributed by atoms with van der Waals surface area (Å²) in [5, 5.41) is 10.8. The quantitative estimate of drug-likeness (QED) is 0.589. The molecule has 0 aliphatic rings. The molecule has 16 heavy (non-hydrogen) atoms. The van der Waals surface area contributed by atoms with Crippen molar-refractivity contribution in [1.29, 1.82) is 0 Å². The molecule has 1 aromatic rings. The lowest BCUT2D eigenvalue weighted by Gasteiger charge is -2.01. The molecule has 0 radical (unpaired) electrons. The third-order valence-corrected chi connectivity index (χ3v) is 1.67. The highest BCUT2D eigenvalue weighted by Crippen LogP contribution is 2.09. The number of hydrogen-bond donors (Lipinski definition) is 2. The van der Waals surface area contributed by atoms with Gasteiger partial charge < -0.3 is 10.4 Å². The van der Waals surface area contributed by atoms with Crippen LogP contribution in [-0.4, -0.2) is 17.0 Å². The van der Waals surface area contributed by atoms with Crippen LogP contribution in [0.25, 0.3) is 0 Å². The fourth-order valence-corrected chi connectivity index (χ4v) is 1.02. The summed E-state index contributed by atoms with van der Waals surface area (Å²) < 4.78 is 0. The molecule has 0 saturated heterocycles. The third-order valence-electron chi connectivity index (χ3n) is 1.67. The minimum atomic E-state index is -1.17. The Balaban J connectivity index is 2.70. The van der Waals surface area contributed by atoms with E-state index in [1.165, 1.54) is 0 Å². The van der Waals surface area contributed by atoms with Gasteiger partial charge in [0.2, 0.25) is 5.91 Å². The Morgan fingerprint density at radius 1 is 1.38 bits per heavy atom. The van der Waals surface area contributed by atoms with E-state index in [0.29, 0.717) is 11.3 Å². The number of terminal acetylenes is 1. The van der Waals surface area contributed by atoms with Gasteiger partial charge in [-0.25, -0.2) is 4.79 Å². The van der Waals surface area contributed by atoms with Gasteiger partial charge in [0, 0.05) is 23.4 Å². The molecule has 0 atom stereocenters. The highest BCUT2D eigenvalue weighted by Gasteiger charge is 1.98. The number of benzene rings is 1. The van der Waals surface area contributed by atoms with Crippen LogP contribution >= 0.6 is 0 Å². The maximum absolute atomic E-state index is 11.2.